The molecule has 0 spiro atoms. The summed E-state index contributed by atoms with van der Waals surface area (Å²) >= 11 is 0. The minimum atomic E-state index is -1.04. The number of carbonyl (C=O) groups excluding carboxylic acids is 1. The highest BCUT2D eigenvalue weighted by Crippen LogP contribution is 2.33. The maximum Gasteiger partial charge on any atom is 0.326 e. The number of nitrogens with zero attached hydrogens (tertiary/aromatic N) is 2. The molecule has 35 heavy (non-hydrogen) atoms. The summed E-state index contributed by atoms with van der Waals surface area (Å²) in [6.07, 6.45) is 2.43. The molecule has 2 atom stereocenters. The van der Waals surface area contributed by atoms with Gasteiger partial charge in [-0.1, -0.05) is 68.8 Å². The third kappa shape index (κ3) is 4.89. The van der Waals surface area contributed by atoms with Gasteiger partial charge in [-0.15, -0.1) is 0 Å². The van der Waals surface area contributed by atoms with E-state index in [1.165, 1.54) is 0 Å². The summed E-state index contributed by atoms with van der Waals surface area (Å²) in [6, 6.07) is 18.4. The SMILES string of the molecule is CCC(C)C(NC(=O)c1ccn2c(Nc3c(C)cccc3C)c(-c3ccccc3)nc2c1)C(=O)O. The van der Waals surface area contributed by atoms with E-state index in [1.807, 2.05) is 54.6 Å². The summed E-state index contributed by atoms with van der Waals surface area (Å²) < 4.78 is 1.91. The summed E-state index contributed by atoms with van der Waals surface area (Å²) in [5.41, 5.74) is 5.87. The third-order valence-electron chi connectivity index (χ3n) is 6.43. The van der Waals surface area contributed by atoms with Crippen LogP contribution in [0.5, 0.6) is 0 Å². The fraction of sp³-hybridized carbons (Fsp3) is 0.250. The van der Waals surface area contributed by atoms with Gasteiger partial charge in [0.15, 0.2) is 0 Å². The van der Waals surface area contributed by atoms with Gasteiger partial charge in [0.2, 0.25) is 0 Å². The number of hydrogen-bond donors (Lipinski definition) is 3. The van der Waals surface area contributed by atoms with Crippen LogP contribution in [0.4, 0.5) is 11.5 Å². The number of carboxylic acid groups (broad SMARTS) is 1. The van der Waals surface area contributed by atoms with Crippen LogP contribution in [0.3, 0.4) is 0 Å². The van der Waals surface area contributed by atoms with Crippen molar-refractivity contribution in [3.63, 3.8) is 0 Å². The Morgan fingerprint density at radius 3 is 2.34 bits per heavy atom. The molecule has 0 aliphatic heterocycles. The molecule has 2 heterocycles. The first kappa shape index (κ1) is 24.0. The second-order valence-electron chi connectivity index (χ2n) is 8.89. The van der Waals surface area contributed by atoms with Gasteiger partial charge in [0, 0.05) is 23.0 Å². The number of aliphatic carboxylic acids is 1. The number of amides is 1. The highest BCUT2D eigenvalue weighted by molar-refractivity contribution is 5.97. The van der Waals surface area contributed by atoms with Crippen LogP contribution in [0.1, 0.15) is 41.8 Å². The maximum absolute atomic E-state index is 12.9. The second-order valence-corrected chi connectivity index (χ2v) is 8.89. The molecule has 4 aromatic rings. The first-order valence-electron chi connectivity index (χ1n) is 11.7. The molecular weight excluding hydrogens is 440 g/mol. The fourth-order valence-corrected chi connectivity index (χ4v) is 4.14. The number of aromatic nitrogens is 2. The van der Waals surface area contributed by atoms with Crippen molar-refractivity contribution < 1.29 is 14.7 Å². The predicted molar refractivity (Wildman–Crippen MR) is 138 cm³/mol. The lowest BCUT2D eigenvalue weighted by atomic mass is 9.99. The Labute approximate surface area is 204 Å². The van der Waals surface area contributed by atoms with E-state index in [2.05, 4.69) is 36.6 Å². The van der Waals surface area contributed by atoms with Crippen LogP contribution in [0, 0.1) is 19.8 Å². The smallest absolute Gasteiger partial charge is 0.326 e. The van der Waals surface area contributed by atoms with Crippen molar-refractivity contribution in [2.45, 2.75) is 40.2 Å². The van der Waals surface area contributed by atoms with Crippen molar-refractivity contribution in [2.75, 3.05) is 5.32 Å². The summed E-state index contributed by atoms with van der Waals surface area (Å²) in [5.74, 6) is -0.877. The number of nitrogens with one attached hydrogen (secondary N) is 2. The lowest BCUT2D eigenvalue weighted by Gasteiger charge is -2.20. The quantitative estimate of drug-likeness (QED) is 0.312. The molecule has 180 valence electrons. The average molecular weight is 471 g/mol. The summed E-state index contributed by atoms with van der Waals surface area (Å²) in [7, 11) is 0. The lowest BCUT2D eigenvalue weighted by molar-refractivity contribution is -0.140. The molecule has 2 unspecified atom stereocenters. The number of carbonyl (C=O) groups is 2. The number of fused-ring (bicyclic) bond motifs is 1. The number of rotatable bonds is 8. The Hall–Kier alpha value is -4.13. The van der Waals surface area contributed by atoms with Gasteiger partial charge in [-0.05, 0) is 43.0 Å². The van der Waals surface area contributed by atoms with Gasteiger partial charge in [0.25, 0.3) is 5.91 Å². The zero-order valence-electron chi connectivity index (χ0n) is 20.4. The van der Waals surface area contributed by atoms with Crippen LogP contribution in [-0.2, 0) is 4.79 Å². The standard InChI is InChI=1S/C28H30N4O3/c1-5-17(2)24(28(34)35)31-27(33)21-14-15-32-22(16-21)29-25(20-12-7-6-8-13-20)26(32)30-23-18(3)10-9-11-19(23)4/h6-17,24,30H,5H2,1-4H3,(H,31,33)(H,34,35). The van der Waals surface area contributed by atoms with E-state index in [-0.39, 0.29) is 5.92 Å². The maximum atomic E-state index is 12.9. The number of para-hydroxylation sites is 1. The van der Waals surface area contributed by atoms with Crippen LogP contribution >= 0.6 is 0 Å². The summed E-state index contributed by atoms with van der Waals surface area (Å²) in [6.45, 7) is 7.83. The van der Waals surface area contributed by atoms with Crippen LogP contribution in [0.25, 0.3) is 16.9 Å². The van der Waals surface area contributed by atoms with E-state index in [1.54, 1.807) is 18.3 Å². The summed E-state index contributed by atoms with van der Waals surface area (Å²) in [4.78, 5) is 29.5. The number of aryl methyl sites for hydroxylation is 2. The van der Waals surface area contributed by atoms with E-state index >= 15 is 0 Å². The van der Waals surface area contributed by atoms with Gasteiger partial charge in [-0.2, -0.15) is 0 Å². The van der Waals surface area contributed by atoms with Gasteiger partial charge in [-0.25, -0.2) is 9.78 Å². The van der Waals surface area contributed by atoms with E-state index in [0.29, 0.717) is 17.6 Å². The van der Waals surface area contributed by atoms with Crippen LogP contribution < -0.4 is 10.6 Å². The fourth-order valence-electron chi connectivity index (χ4n) is 4.14. The van der Waals surface area contributed by atoms with E-state index in [9.17, 15) is 14.7 Å². The molecule has 2 aromatic heterocycles. The van der Waals surface area contributed by atoms with Crippen molar-refractivity contribution in [1.29, 1.82) is 0 Å². The Balaban J connectivity index is 1.78. The lowest BCUT2D eigenvalue weighted by Crippen LogP contribution is -2.45. The molecule has 4 rings (SSSR count). The van der Waals surface area contributed by atoms with Gasteiger partial charge in [0.1, 0.15) is 23.2 Å². The van der Waals surface area contributed by atoms with Crippen LogP contribution in [-0.4, -0.2) is 32.4 Å². The van der Waals surface area contributed by atoms with Gasteiger partial charge in [0.05, 0.1) is 0 Å². The molecule has 0 fully saturated rings. The van der Waals surface area contributed by atoms with Crippen molar-refractivity contribution in [3.05, 3.63) is 83.6 Å². The molecule has 0 saturated carbocycles. The first-order chi connectivity index (χ1) is 16.8. The highest BCUT2D eigenvalue weighted by Gasteiger charge is 2.26. The molecule has 0 bridgehead atoms. The molecular formula is C28H30N4O3. The van der Waals surface area contributed by atoms with Crippen LogP contribution in [0.2, 0.25) is 0 Å². The van der Waals surface area contributed by atoms with Crippen molar-refractivity contribution in [2.24, 2.45) is 5.92 Å². The second kappa shape index (κ2) is 10.0. The van der Waals surface area contributed by atoms with E-state index in [4.69, 9.17) is 4.98 Å². The van der Waals surface area contributed by atoms with Crippen molar-refractivity contribution in [3.8, 4) is 11.3 Å². The number of carboxylic acids is 1. The third-order valence-corrected chi connectivity index (χ3v) is 6.43. The van der Waals surface area contributed by atoms with E-state index < -0.39 is 17.9 Å². The number of hydrogen-bond acceptors (Lipinski definition) is 4. The molecule has 0 saturated heterocycles. The number of benzene rings is 2. The van der Waals surface area contributed by atoms with Crippen molar-refractivity contribution >= 4 is 29.0 Å². The van der Waals surface area contributed by atoms with Crippen molar-refractivity contribution in [1.82, 2.24) is 14.7 Å². The minimum Gasteiger partial charge on any atom is -0.480 e. The zero-order chi connectivity index (χ0) is 25.1. The van der Waals surface area contributed by atoms with Crippen LogP contribution in [0.15, 0.2) is 66.9 Å². The average Bonchev–Trinajstić information content (AvgIpc) is 3.22. The monoisotopic (exact) mass is 470 g/mol. The Morgan fingerprint density at radius 2 is 1.71 bits per heavy atom. The Bertz CT molecular complexity index is 1360. The topological polar surface area (TPSA) is 95.7 Å². The predicted octanol–water partition coefficient (Wildman–Crippen LogP) is 5.59. The molecule has 7 heteroatoms. The zero-order valence-corrected chi connectivity index (χ0v) is 20.4. The minimum absolute atomic E-state index is 0.190. The Kier molecular flexibility index (Phi) is 6.87. The molecule has 1 amide bonds. The first-order valence-corrected chi connectivity index (χ1v) is 11.7. The number of anilines is 2. The largest absolute Gasteiger partial charge is 0.480 e. The highest BCUT2D eigenvalue weighted by atomic mass is 16.4. The normalized spacial score (nSPS) is 12.8. The molecule has 0 radical (unpaired) electrons. The Morgan fingerprint density at radius 1 is 1.03 bits per heavy atom. The molecule has 3 N–H and O–H groups in total. The number of pyridine rings is 1. The molecule has 0 aliphatic rings. The van der Waals surface area contributed by atoms with Gasteiger partial charge < -0.3 is 15.7 Å². The molecule has 2 aromatic carbocycles. The number of imidazole rings is 1. The van der Waals surface area contributed by atoms with Gasteiger partial charge >= 0.3 is 5.97 Å². The van der Waals surface area contributed by atoms with Gasteiger partial charge in [-0.3, -0.25) is 9.20 Å². The summed E-state index contributed by atoms with van der Waals surface area (Å²) in [5, 5.41) is 15.8. The molecule has 7 nitrogen and oxygen atoms in total. The molecule has 0 aliphatic carbocycles. The van der Waals surface area contributed by atoms with E-state index in [0.717, 1.165) is 33.9 Å².